The second-order valence-corrected chi connectivity index (χ2v) is 13.5. The molecule has 0 N–H and O–H groups in total. The van der Waals surface area contributed by atoms with Gasteiger partial charge in [-0.3, -0.25) is 9.78 Å². The molecule has 6 saturated carbocycles. The van der Waals surface area contributed by atoms with Crippen molar-refractivity contribution in [3.63, 3.8) is 0 Å². The molecule has 4 bridgehead atoms. The lowest BCUT2D eigenvalue weighted by atomic mass is 9.41. The number of hydrogen-bond acceptors (Lipinski definition) is 5. The molecule has 0 unspecified atom stereocenters. The van der Waals surface area contributed by atoms with Crippen molar-refractivity contribution >= 4 is 11.6 Å². The highest BCUT2D eigenvalue weighted by Crippen LogP contribution is 2.71. The summed E-state index contributed by atoms with van der Waals surface area (Å²) in [4.78, 5) is 29.0. The molecule has 10 heteroatoms. The topological polar surface area (TPSA) is 68.2 Å². The summed E-state index contributed by atoms with van der Waals surface area (Å²) in [5.41, 5.74) is -0.0681. The first kappa shape index (κ1) is 28.2. The highest BCUT2D eigenvalue weighted by Gasteiger charge is 2.69. The van der Waals surface area contributed by atoms with Gasteiger partial charge >= 0.3 is 6.18 Å². The zero-order valence-corrected chi connectivity index (χ0v) is 24.1. The normalized spacial score (nSPS) is 30.7. The Morgan fingerprint density at radius 3 is 2.14 bits per heavy atom. The number of methoxy groups -OCH3 is 1. The summed E-state index contributed by atoms with van der Waals surface area (Å²) in [6.07, 6.45) is 6.53. The minimum Gasteiger partial charge on any atom is -0.494 e. The van der Waals surface area contributed by atoms with Crippen molar-refractivity contribution in [1.29, 1.82) is 0 Å². The van der Waals surface area contributed by atoms with Crippen molar-refractivity contribution in [3.05, 3.63) is 66.2 Å². The summed E-state index contributed by atoms with van der Waals surface area (Å²) in [7, 11) is 1.55. The number of benzene rings is 1. The molecule has 226 valence electrons. The molecular weight excluding hydrogens is 560 g/mol. The van der Waals surface area contributed by atoms with Crippen LogP contribution >= 0.6 is 0 Å². The lowest BCUT2D eigenvalue weighted by Gasteiger charge is -2.66. The average Bonchev–Trinajstić information content (AvgIpc) is 2.99. The quantitative estimate of drug-likeness (QED) is 0.253. The third-order valence-electron chi connectivity index (χ3n) is 10.7. The van der Waals surface area contributed by atoms with Gasteiger partial charge in [0.1, 0.15) is 5.67 Å². The molecule has 2 aromatic heterocycles. The second-order valence-electron chi connectivity index (χ2n) is 13.5. The highest BCUT2D eigenvalue weighted by molar-refractivity contribution is 5.94. The number of amides is 1. The van der Waals surface area contributed by atoms with Crippen LogP contribution in [0, 0.1) is 10.8 Å². The van der Waals surface area contributed by atoms with E-state index in [0.717, 1.165) is 67.7 Å². The number of ether oxygens (including phenoxy) is 1. The Bertz CT molecular complexity index is 1500. The molecule has 6 nitrogen and oxygen atoms in total. The fourth-order valence-electron chi connectivity index (χ4n) is 8.27. The maximum Gasteiger partial charge on any atom is 0.417 e. The Labute approximate surface area is 247 Å². The molecule has 6 fully saturated rings. The maximum absolute atomic E-state index is 14.3. The number of nitrogens with zero attached hydrogens (tertiary/aromatic N) is 4. The maximum atomic E-state index is 14.3. The van der Waals surface area contributed by atoms with Crippen LogP contribution in [0.25, 0.3) is 11.4 Å². The van der Waals surface area contributed by atoms with E-state index in [1.807, 2.05) is 29.2 Å². The summed E-state index contributed by atoms with van der Waals surface area (Å²) in [6, 6.07) is 10.4. The Hall–Kier alpha value is -3.56. The minimum absolute atomic E-state index is 0.00995. The van der Waals surface area contributed by atoms with Gasteiger partial charge in [0.15, 0.2) is 11.6 Å². The first-order chi connectivity index (χ1) is 20.4. The smallest absolute Gasteiger partial charge is 0.417 e. The second kappa shape index (κ2) is 9.72. The molecule has 6 aliphatic rings. The Kier molecular flexibility index (Phi) is 6.38. The molecule has 9 rings (SSSR count). The molecule has 0 atom stereocenters. The molecule has 0 saturated heterocycles. The number of anilines is 1. The number of alkyl halides is 4. The van der Waals surface area contributed by atoms with Gasteiger partial charge in [-0.15, -0.1) is 0 Å². The van der Waals surface area contributed by atoms with Crippen LogP contribution in [-0.2, 0) is 16.4 Å². The summed E-state index contributed by atoms with van der Waals surface area (Å²) in [5.74, 6) is 1.09. The van der Waals surface area contributed by atoms with Gasteiger partial charge in [0, 0.05) is 41.5 Å². The van der Waals surface area contributed by atoms with Gasteiger partial charge in [0.25, 0.3) is 0 Å². The Morgan fingerprint density at radius 1 is 0.907 bits per heavy atom. The molecule has 0 spiro atoms. The summed E-state index contributed by atoms with van der Waals surface area (Å²) < 4.78 is 58.9. The van der Waals surface area contributed by atoms with Crippen molar-refractivity contribution < 1.29 is 27.1 Å². The predicted octanol–water partition coefficient (Wildman–Crippen LogP) is 7.47. The van der Waals surface area contributed by atoms with Crippen LogP contribution in [0.3, 0.4) is 0 Å². The lowest BCUT2D eigenvalue weighted by molar-refractivity contribution is -0.215. The first-order valence-electron chi connectivity index (χ1n) is 14.9. The van der Waals surface area contributed by atoms with E-state index in [-0.39, 0.29) is 22.2 Å². The molecule has 1 aromatic carbocycles. The number of carbonyl (C=O) groups excluding carboxylic acids is 1. The standard InChI is InChI=1S/C33H34F4N4O2/c1-43-25-16-39-28(40-17-25)22-3-2-4-24(13-22)41(27(42)14-30-18-32(34,19-30)20-30)21-29-7-10-31(11-8-29,12-9-29)26-6-5-23(15-38-26)33(35,36)37/h2-6,13,15-17H,7-12,14,18-21H2,1H3. The number of pyridine rings is 1. The van der Waals surface area contributed by atoms with Crippen molar-refractivity contribution in [3.8, 4) is 17.1 Å². The van der Waals surface area contributed by atoms with E-state index in [9.17, 15) is 22.4 Å². The van der Waals surface area contributed by atoms with Gasteiger partial charge in [-0.2, -0.15) is 13.2 Å². The van der Waals surface area contributed by atoms with Gasteiger partial charge < -0.3 is 9.64 Å². The SMILES string of the molecule is COc1cnc(-c2cccc(N(CC34CCC(c5ccc(C(F)(F)F)cn5)(CC3)CC4)C(=O)CC34CC(F)(C3)C4)c2)nc1. The van der Waals surface area contributed by atoms with Crippen molar-refractivity contribution in [2.24, 2.45) is 10.8 Å². The van der Waals surface area contributed by atoms with Crippen LogP contribution in [0.4, 0.5) is 23.2 Å². The van der Waals surface area contributed by atoms with Gasteiger partial charge in [0.2, 0.25) is 5.91 Å². The van der Waals surface area contributed by atoms with Gasteiger partial charge in [-0.1, -0.05) is 12.1 Å². The molecule has 2 heterocycles. The average molecular weight is 595 g/mol. The van der Waals surface area contributed by atoms with Crippen LogP contribution in [0.5, 0.6) is 5.75 Å². The van der Waals surface area contributed by atoms with Crippen molar-refractivity contribution in [1.82, 2.24) is 15.0 Å². The molecule has 43 heavy (non-hydrogen) atoms. The number of rotatable bonds is 8. The fourth-order valence-corrected chi connectivity index (χ4v) is 8.27. The van der Waals surface area contributed by atoms with Crippen LogP contribution in [0.15, 0.2) is 55.0 Å². The van der Waals surface area contributed by atoms with Gasteiger partial charge in [0.05, 0.1) is 25.1 Å². The molecule has 3 aromatic rings. The lowest BCUT2D eigenvalue weighted by Crippen LogP contribution is -2.65. The van der Waals surface area contributed by atoms with E-state index >= 15 is 0 Å². The van der Waals surface area contributed by atoms with E-state index in [0.29, 0.717) is 43.8 Å². The molecule has 6 aliphatic carbocycles. The minimum atomic E-state index is -4.41. The van der Waals surface area contributed by atoms with Crippen LogP contribution in [-0.4, -0.2) is 40.2 Å². The molecular formula is C33H34F4N4O2. The molecule has 0 radical (unpaired) electrons. The summed E-state index contributed by atoms with van der Waals surface area (Å²) in [5, 5.41) is 0. The van der Waals surface area contributed by atoms with E-state index in [4.69, 9.17) is 4.74 Å². The Balaban J connectivity index is 1.13. The van der Waals surface area contributed by atoms with E-state index in [2.05, 4.69) is 15.0 Å². The zero-order chi connectivity index (χ0) is 30.1. The number of fused-ring (bicyclic) bond motifs is 3. The van der Waals surface area contributed by atoms with Gasteiger partial charge in [-0.25, -0.2) is 14.4 Å². The fraction of sp³-hybridized carbons (Fsp3) is 0.515. The number of carbonyl (C=O) groups is 1. The van der Waals surface area contributed by atoms with E-state index < -0.39 is 17.4 Å². The zero-order valence-electron chi connectivity index (χ0n) is 24.1. The highest BCUT2D eigenvalue weighted by atomic mass is 19.4. The molecule has 0 aliphatic heterocycles. The predicted molar refractivity (Wildman–Crippen MR) is 152 cm³/mol. The largest absolute Gasteiger partial charge is 0.494 e. The first-order valence-corrected chi connectivity index (χ1v) is 14.9. The molecule has 1 amide bonds. The third-order valence-corrected chi connectivity index (χ3v) is 10.7. The van der Waals surface area contributed by atoms with E-state index in [1.165, 1.54) is 0 Å². The monoisotopic (exact) mass is 594 g/mol. The third kappa shape index (κ3) is 4.96. The van der Waals surface area contributed by atoms with Gasteiger partial charge in [-0.05, 0) is 92.9 Å². The van der Waals surface area contributed by atoms with Crippen LogP contribution in [0.2, 0.25) is 0 Å². The summed E-state index contributed by atoms with van der Waals surface area (Å²) in [6.45, 7) is 0.548. The van der Waals surface area contributed by atoms with Crippen LogP contribution < -0.4 is 9.64 Å². The van der Waals surface area contributed by atoms with Crippen molar-refractivity contribution in [2.75, 3.05) is 18.6 Å². The number of hydrogen-bond donors (Lipinski definition) is 0. The van der Waals surface area contributed by atoms with Crippen LogP contribution in [0.1, 0.15) is 75.5 Å². The Morgan fingerprint density at radius 2 is 1.58 bits per heavy atom. The van der Waals surface area contributed by atoms with E-state index in [1.54, 1.807) is 25.6 Å². The summed E-state index contributed by atoms with van der Waals surface area (Å²) >= 11 is 0. The number of aromatic nitrogens is 3. The number of halogens is 4. The van der Waals surface area contributed by atoms with Crippen molar-refractivity contribution in [2.45, 2.75) is 81.5 Å².